The van der Waals surface area contributed by atoms with E-state index in [0.29, 0.717) is 0 Å². The smallest absolute Gasteiger partial charge is 0.0367 e. The van der Waals surface area contributed by atoms with Crippen molar-refractivity contribution in [2.45, 2.75) is 33.1 Å². The van der Waals surface area contributed by atoms with Crippen LogP contribution < -0.4 is 10.2 Å². The minimum Gasteiger partial charge on any atom is -0.390 e. The van der Waals surface area contributed by atoms with Gasteiger partial charge in [0.2, 0.25) is 0 Å². The number of likely N-dealkylation sites (tertiary alicyclic amines) is 1. The lowest BCUT2D eigenvalue weighted by Crippen LogP contribution is -2.33. The predicted molar refractivity (Wildman–Crippen MR) is 111 cm³/mol. The van der Waals surface area contributed by atoms with Crippen molar-refractivity contribution >= 4 is 11.3 Å². The van der Waals surface area contributed by atoms with Crippen molar-refractivity contribution in [3.8, 4) is 0 Å². The molecule has 1 atom stereocenters. The summed E-state index contributed by atoms with van der Waals surface area (Å²) in [7, 11) is 0. The fourth-order valence-electron chi connectivity index (χ4n) is 3.50. The van der Waals surface area contributed by atoms with E-state index in [1.54, 1.807) is 6.20 Å². The minimum absolute atomic E-state index is 0.739. The number of anilines is 1. The molecule has 1 aliphatic rings. The van der Waals surface area contributed by atoms with Crippen LogP contribution in [0.15, 0.2) is 43.6 Å². The molecule has 1 heterocycles. The molecule has 1 unspecified atom stereocenters. The van der Waals surface area contributed by atoms with Gasteiger partial charge < -0.3 is 15.1 Å². The molecular formula is C22H35N3. The van der Waals surface area contributed by atoms with E-state index in [4.69, 9.17) is 0 Å². The largest absolute Gasteiger partial charge is 0.390 e. The van der Waals surface area contributed by atoms with Crippen LogP contribution in [0.4, 0.5) is 5.69 Å². The van der Waals surface area contributed by atoms with Gasteiger partial charge in [0, 0.05) is 31.9 Å². The fraction of sp³-hybridized carbons (Fsp3) is 0.545. The average molecular weight is 342 g/mol. The van der Waals surface area contributed by atoms with E-state index in [2.05, 4.69) is 66.4 Å². The van der Waals surface area contributed by atoms with Gasteiger partial charge in [0.15, 0.2) is 0 Å². The maximum Gasteiger partial charge on any atom is 0.0367 e. The number of benzene rings is 1. The van der Waals surface area contributed by atoms with Crippen molar-refractivity contribution in [1.29, 1.82) is 0 Å². The third-order valence-corrected chi connectivity index (χ3v) is 5.06. The third-order valence-electron chi connectivity index (χ3n) is 5.06. The maximum absolute atomic E-state index is 4.03. The Balaban J connectivity index is 1.91. The van der Waals surface area contributed by atoms with Crippen molar-refractivity contribution in [3.05, 3.63) is 49.2 Å². The molecule has 0 bridgehead atoms. The zero-order valence-electron chi connectivity index (χ0n) is 16.1. The second kappa shape index (κ2) is 10.3. The zero-order valence-corrected chi connectivity index (χ0v) is 16.1. The van der Waals surface area contributed by atoms with Gasteiger partial charge in [0.05, 0.1) is 0 Å². The van der Waals surface area contributed by atoms with E-state index in [1.165, 1.54) is 50.1 Å². The lowest BCUT2D eigenvalue weighted by Gasteiger charge is -2.28. The Bertz CT molecular complexity index is 529. The highest BCUT2D eigenvalue weighted by Gasteiger charge is 2.15. The van der Waals surface area contributed by atoms with Crippen molar-refractivity contribution in [2.75, 3.05) is 44.2 Å². The number of hydrogen-bond acceptors (Lipinski definition) is 3. The number of nitrogens with zero attached hydrogens (tertiary/aromatic N) is 2. The predicted octanol–water partition coefficient (Wildman–Crippen LogP) is 4.38. The second-order valence-corrected chi connectivity index (χ2v) is 7.37. The molecule has 0 aromatic heterocycles. The molecule has 3 nitrogen and oxygen atoms in total. The fourth-order valence-corrected chi connectivity index (χ4v) is 3.50. The second-order valence-electron chi connectivity index (χ2n) is 7.37. The molecule has 1 aromatic rings. The first-order valence-corrected chi connectivity index (χ1v) is 9.67. The van der Waals surface area contributed by atoms with Crippen LogP contribution in [0.2, 0.25) is 0 Å². The molecule has 2 rings (SSSR count). The summed E-state index contributed by atoms with van der Waals surface area (Å²) >= 11 is 0. The van der Waals surface area contributed by atoms with Gasteiger partial charge in [0.1, 0.15) is 0 Å². The molecule has 1 aromatic carbocycles. The first-order chi connectivity index (χ1) is 12.1. The minimum atomic E-state index is 0.739. The third kappa shape index (κ3) is 6.58. The van der Waals surface area contributed by atoms with Crippen LogP contribution in [0.1, 0.15) is 38.7 Å². The van der Waals surface area contributed by atoms with Gasteiger partial charge in [-0.15, -0.1) is 0 Å². The SMILES string of the molecule is C=CNCCN(CCC(C)CN1CCCC1)c1ccc(C(=C)C)cc1. The van der Waals surface area contributed by atoms with Crippen LogP contribution in [0.3, 0.4) is 0 Å². The van der Waals surface area contributed by atoms with Crippen molar-refractivity contribution in [1.82, 2.24) is 10.2 Å². The molecule has 138 valence electrons. The molecule has 0 amide bonds. The summed E-state index contributed by atoms with van der Waals surface area (Å²) < 4.78 is 0. The Labute approximate surface area is 154 Å². The highest BCUT2D eigenvalue weighted by molar-refractivity contribution is 5.64. The maximum atomic E-state index is 4.03. The van der Waals surface area contributed by atoms with Gasteiger partial charge in [-0.1, -0.05) is 37.8 Å². The van der Waals surface area contributed by atoms with Crippen LogP contribution in [-0.4, -0.2) is 44.2 Å². The molecular weight excluding hydrogens is 306 g/mol. The summed E-state index contributed by atoms with van der Waals surface area (Å²) in [5.41, 5.74) is 3.63. The van der Waals surface area contributed by atoms with Crippen molar-refractivity contribution < 1.29 is 0 Å². The Morgan fingerprint density at radius 2 is 1.92 bits per heavy atom. The van der Waals surface area contributed by atoms with E-state index in [1.807, 2.05) is 0 Å². The average Bonchev–Trinajstić information content (AvgIpc) is 3.11. The van der Waals surface area contributed by atoms with E-state index in [0.717, 1.165) is 31.1 Å². The number of hydrogen-bond donors (Lipinski definition) is 1. The highest BCUT2D eigenvalue weighted by atomic mass is 15.2. The van der Waals surface area contributed by atoms with Crippen molar-refractivity contribution in [3.63, 3.8) is 0 Å². The Hall–Kier alpha value is -1.74. The molecule has 0 radical (unpaired) electrons. The molecule has 25 heavy (non-hydrogen) atoms. The zero-order chi connectivity index (χ0) is 18.1. The number of allylic oxidation sites excluding steroid dienone is 1. The molecule has 1 saturated heterocycles. The normalized spacial score (nSPS) is 15.8. The molecule has 1 fully saturated rings. The monoisotopic (exact) mass is 341 g/mol. The Morgan fingerprint density at radius 3 is 2.52 bits per heavy atom. The van der Waals surface area contributed by atoms with Crippen LogP contribution in [0.5, 0.6) is 0 Å². The number of rotatable bonds is 11. The number of nitrogens with one attached hydrogen (secondary N) is 1. The molecule has 0 spiro atoms. The standard InChI is InChI=1S/C22H35N3/c1-5-23-13-17-25(22-10-8-21(9-11-22)19(2)3)16-12-20(4)18-24-14-6-7-15-24/h5,8-11,20,23H,1-2,6-7,12-18H2,3-4H3. The van der Waals surface area contributed by atoms with Gasteiger partial charge in [0.25, 0.3) is 0 Å². The summed E-state index contributed by atoms with van der Waals surface area (Å²) in [5.74, 6) is 0.739. The van der Waals surface area contributed by atoms with Crippen LogP contribution in [-0.2, 0) is 0 Å². The highest BCUT2D eigenvalue weighted by Crippen LogP contribution is 2.20. The lowest BCUT2D eigenvalue weighted by molar-refractivity contribution is 0.281. The molecule has 0 saturated carbocycles. The van der Waals surface area contributed by atoms with E-state index in [-0.39, 0.29) is 0 Å². The van der Waals surface area contributed by atoms with E-state index in [9.17, 15) is 0 Å². The van der Waals surface area contributed by atoms with Crippen molar-refractivity contribution in [2.24, 2.45) is 5.92 Å². The quantitative estimate of drug-likeness (QED) is 0.603. The molecule has 3 heteroatoms. The topological polar surface area (TPSA) is 18.5 Å². The van der Waals surface area contributed by atoms with Crippen LogP contribution in [0, 0.1) is 5.92 Å². The lowest BCUT2D eigenvalue weighted by atomic mass is 10.1. The first-order valence-electron chi connectivity index (χ1n) is 9.67. The van der Waals surface area contributed by atoms with Gasteiger partial charge in [-0.05, 0) is 69.1 Å². The van der Waals surface area contributed by atoms with Gasteiger partial charge in [-0.2, -0.15) is 0 Å². The summed E-state index contributed by atoms with van der Waals surface area (Å²) in [5, 5.41) is 3.22. The first kappa shape index (κ1) is 19.6. The summed E-state index contributed by atoms with van der Waals surface area (Å²) in [4.78, 5) is 5.11. The molecule has 1 aliphatic heterocycles. The Morgan fingerprint density at radius 1 is 1.24 bits per heavy atom. The van der Waals surface area contributed by atoms with Crippen LogP contribution in [0.25, 0.3) is 5.57 Å². The van der Waals surface area contributed by atoms with E-state index < -0.39 is 0 Å². The van der Waals surface area contributed by atoms with Gasteiger partial charge in [-0.25, -0.2) is 0 Å². The van der Waals surface area contributed by atoms with Gasteiger partial charge in [-0.3, -0.25) is 0 Å². The molecule has 0 aliphatic carbocycles. The van der Waals surface area contributed by atoms with Crippen LogP contribution >= 0.6 is 0 Å². The summed E-state index contributed by atoms with van der Waals surface area (Å²) in [6.45, 7) is 19.1. The summed E-state index contributed by atoms with van der Waals surface area (Å²) in [6, 6.07) is 8.81. The molecule has 1 N–H and O–H groups in total. The van der Waals surface area contributed by atoms with Gasteiger partial charge >= 0.3 is 0 Å². The summed E-state index contributed by atoms with van der Waals surface area (Å²) in [6.07, 6.45) is 5.76. The Kier molecular flexibility index (Phi) is 8.07. The van der Waals surface area contributed by atoms with E-state index >= 15 is 0 Å².